The number of aromatic nitrogens is 2. The smallest absolute Gasteiger partial charge is 0.301 e. The zero-order valence-corrected chi connectivity index (χ0v) is 27.4. The number of hydrogen-bond acceptors (Lipinski definition) is 10. The average molecular weight is 646 g/mol. The number of Topliss-reactive ketones (excluding diaryl/α,β-unsaturated/α-hetero) is 1. The van der Waals surface area contributed by atoms with E-state index in [1.807, 2.05) is 6.92 Å². The number of amides is 1. The van der Waals surface area contributed by atoms with Gasteiger partial charge >= 0.3 is 5.91 Å². The highest BCUT2D eigenvalue weighted by Gasteiger charge is 2.48. The van der Waals surface area contributed by atoms with Crippen LogP contribution in [0.3, 0.4) is 0 Å². The largest absolute Gasteiger partial charge is 0.507 e. The number of rotatable bonds is 12. The van der Waals surface area contributed by atoms with Crippen LogP contribution in [0, 0.1) is 12.8 Å². The third-order valence-electron chi connectivity index (χ3n) is 7.35. The summed E-state index contributed by atoms with van der Waals surface area (Å²) >= 11 is 2.71. The number of aliphatic hydroxyl groups is 1. The molecule has 1 saturated heterocycles. The predicted molar refractivity (Wildman–Crippen MR) is 176 cm³/mol. The summed E-state index contributed by atoms with van der Waals surface area (Å²) in [6.45, 7) is 6.79. The number of thioether (sulfide) groups is 1. The molecule has 1 aliphatic heterocycles. The Balaban J connectivity index is 1.54. The van der Waals surface area contributed by atoms with Gasteiger partial charge in [0.25, 0.3) is 5.78 Å². The first kappa shape index (κ1) is 32.1. The fraction of sp³-hybridized carbons (Fsp3) is 0.294. The first-order valence-corrected chi connectivity index (χ1v) is 16.3. The maximum Gasteiger partial charge on any atom is 0.301 e. The SMILES string of the molecule is COc1ccc(/C(O)=C2/C(=O)C(=O)N(c3nnc(SCc4ccc(C)cc4)s3)C2c2ccc(OCCC(C)C)c(OC)c2)cc1. The van der Waals surface area contributed by atoms with E-state index in [-0.39, 0.29) is 16.5 Å². The fourth-order valence-electron chi connectivity index (χ4n) is 4.82. The van der Waals surface area contributed by atoms with E-state index in [0.717, 1.165) is 12.0 Å². The highest BCUT2D eigenvalue weighted by molar-refractivity contribution is 8.00. The van der Waals surface area contributed by atoms with E-state index in [1.54, 1.807) is 49.6 Å². The van der Waals surface area contributed by atoms with Gasteiger partial charge in [0.2, 0.25) is 5.13 Å². The van der Waals surface area contributed by atoms with E-state index in [2.05, 4.69) is 48.3 Å². The normalized spacial score (nSPS) is 16.0. The highest BCUT2D eigenvalue weighted by atomic mass is 32.2. The van der Waals surface area contributed by atoms with Gasteiger partial charge in [0.05, 0.1) is 32.4 Å². The van der Waals surface area contributed by atoms with Gasteiger partial charge in [-0.15, -0.1) is 10.2 Å². The van der Waals surface area contributed by atoms with Crippen LogP contribution in [0.5, 0.6) is 17.2 Å². The molecule has 1 aliphatic rings. The summed E-state index contributed by atoms with van der Waals surface area (Å²) in [5, 5.41) is 20.4. The van der Waals surface area contributed by atoms with Gasteiger partial charge in [-0.3, -0.25) is 14.5 Å². The van der Waals surface area contributed by atoms with Gasteiger partial charge in [0, 0.05) is 11.3 Å². The molecule has 4 aromatic rings. The molecule has 0 radical (unpaired) electrons. The molecule has 234 valence electrons. The molecule has 1 fully saturated rings. The summed E-state index contributed by atoms with van der Waals surface area (Å²) in [5.74, 6) is 0.775. The van der Waals surface area contributed by atoms with Crippen molar-refractivity contribution in [2.24, 2.45) is 5.92 Å². The summed E-state index contributed by atoms with van der Waals surface area (Å²) in [6, 6.07) is 19.1. The van der Waals surface area contributed by atoms with Gasteiger partial charge in [0.1, 0.15) is 11.5 Å². The number of aryl methyl sites for hydroxylation is 1. The monoisotopic (exact) mass is 645 g/mol. The van der Waals surface area contributed by atoms with Crippen LogP contribution >= 0.6 is 23.1 Å². The Morgan fingerprint density at radius 1 is 0.978 bits per heavy atom. The molecule has 1 N–H and O–H groups in total. The molecular weight excluding hydrogens is 611 g/mol. The fourth-order valence-corrected chi connectivity index (χ4v) is 6.64. The number of benzene rings is 3. The van der Waals surface area contributed by atoms with Crippen molar-refractivity contribution >= 4 is 45.7 Å². The van der Waals surface area contributed by atoms with Crippen molar-refractivity contribution in [2.75, 3.05) is 25.7 Å². The quantitative estimate of drug-likeness (QED) is 0.0562. The Bertz CT molecular complexity index is 1700. The summed E-state index contributed by atoms with van der Waals surface area (Å²) in [4.78, 5) is 28.6. The van der Waals surface area contributed by atoms with Crippen LogP contribution in [0.2, 0.25) is 0 Å². The second-order valence-corrected chi connectivity index (χ2v) is 13.1. The minimum absolute atomic E-state index is 0.0650. The molecule has 5 rings (SSSR count). The number of carbonyl (C=O) groups is 2. The summed E-state index contributed by atoms with van der Waals surface area (Å²) in [5.41, 5.74) is 3.15. The summed E-state index contributed by atoms with van der Waals surface area (Å²) in [7, 11) is 3.07. The minimum Gasteiger partial charge on any atom is -0.507 e. The van der Waals surface area contributed by atoms with Gasteiger partial charge in [0.15, 0.2) is 15.8 Å². The molecule has 0 bridgehead atoms. The summed E-state index contributed by atoms with van der Waals surface area (Å²) in [6.07, 6.45) is 0.869. The number of anilines is 1. The second-order valence-electron chi connectivity index (χ2n) is 11.0. The number of methoxy groups -OCH3 is 2. The van der Waals surface area contributed by atoms with Gasteiger partial charge < -0.3 is 19.3 Å². The first-order chi connectivity index (χ1) is 21.7. The molecule has 3 aromatic carbocycles. The van der Waals surface area contributed by atoms with Crippen LogP contribution in [0.15, 0.2) is 76.6 Å². The Labute approximate surface area is 270 Å². The number of hydrogen-bond donors (Lipinski definition) is 1. The molecule has 1 amide bonds. The molecule has 1 atom stereocenters. The molecule has 0 aliphatic carbocycles. The molecule has 11 heteroatoms. The number of nitrogens with zero attached hydrogens (tertiary/aromatic N) is 3. The number of ketones is 1. The van der Waals surface area contributed by atoms with Crippen LogP contribution in [0.1, 0.15) is 48.6 Å². The Morgan fingerprint density at radius 3 is 2.38 bits per heavy atom. The van der Waals surface area contributed by atoms with E-state index in [1.165, 1.54) is 40.7 Å². The molecule has 9 nitrogen and oxygen atoms in total. The number of carbonyl (C=O) groups excluding carboxylic acids is 2. The summed E-state index contributed by atoms with van der Waals surface area (Å²) < 4.78 is 17.5. The second kappa shape index (κ2) is 14.2. The molecule has 45 heavy (non-hydrogen) atoms. The van der Waals surface area contributed by atoms with E-state index >= 15 is 0 Å². The van der Waals surface area contributed by atoms with Crippen LogP contribution < -0.4 is 19.1 Å². The zero-order valence-electron chi connectivity index (χ0n) is 25.8. The lowest BCUT2D eigenvalue weighted by molar-refractivity contribution is -0.132. The van der Waals surface area contributed by atoms with Crippen molar-refractivity contribution in [3.05, 3.63) is 94.6 Å². The minimum atomic E-state index is -0.992. The molecule has 1 aromatic heterocycles. The molecular formula is C34H35N3O6S2. The molecule has 0 saturated carbocycles. The van der Waals surface area contributed by atoms with E-state index in [4.69, 9.17) is 14.2 Å². The Morgan fingerprint density at radius 2 is 1.71 bits per heavy atom. The zero-order chi connectivity index (χ0) is 32.1. The third-order valence-corrected chi connectivity index (χ3v) is 9.48. The number of aliphatic hydroxyl groups excluding tert-OH is 1. The van der Waals surface area contributed by atoms with Crippen molar-refractivity contribution < 1.29 is 28.9 Å². The lowest BCUT2D eigenvalue weighted by atomic mass is 9.95. The van der Waals surface area contributed by atoms with Crippen molar-refractivity contribution in [1.29, 1.82) is 0 Å². The topological polar surface area (TPSA) is 111 Å². The van der Waals surface area contributed by atoms with E-state index in [0.29, 0.717) is 51.0 Å². The molecule has 0 spiro atoms. The Kier molecular flexibility index (Phi) is 10.1. The predicted octanol–water partition coefficient (Wildman–Crippen LogP) is 7.21. The van der Waals surface area contributed by atoms with Crippen molar-refractivity contribution in [2.45, 2.75) is 43.3 Å². The van der Waals surface area contributed by atoms with Crippen molar-refractivity contribution in [3.63, 3.8) is 0 Å². The van der Waals surface area contributed by atoms with Gasteiger partial charge in [-0.2, -0.15) is 0 Å². The van der Waals surface area contributed by atoms with Crippen molar-refractivity contribution in [1.82, 2.24) is 10.2 Å². The van der Waals surface area contributed by atoms with Crippen molar-refractivity contribution in [3.8, 4) is 17.2 Å². The molecule has 1 unspecified atom stereocenters. The molecule has 2 heterocycles. The Hall–Kier alpha value is -4.35. The van der Waals surface area contributed by atoms with E-state index < -0.39 is 17.7 Å². The number of ether oxygens (including phenoxy) is 3. The lowest BCUT2D eigenvalue weighted by Gasteiger charge is -2.23. The lowest BCUT2D eigenvalue weighted by Crippen LogP contribution is -2.29. The average Bonchev–Trinajstić information content (AvgIpc) is 3.62. The van der Waals surface area contributed by atoms with Crippen LogP contribution in [0.25, 0.3) is 5.76 Å². The standard InChI is InChI=1S/C34H35N3O6S2/c1-20(2)16-17-43-26-15-12-24(18-27(26)42-5)29-28(30(38)23-10-13-25(41-4)14-11-23)31(39)32(40)37(29)33-35-36-34(45-33)44-19-22-8-6-21(3)7-9-22/h6-15,18,20,29,38H,16-17,19H2,1-5H3/b30-28-. The maximum atomic E-state index is 13.7. The van der Waals surface area contributed by atoms with Crippen LogP contribution in [-0.4, -0.2) is 47.8 Å². The third kappa shape index (κ3) is 7.15. The maximum absolute atomic E-state index is 13.7. The van der Waals surface area contributed by atoms with Crippen LogP contribution in [-0.2, 0) is 15.3 Å². The highest BCUT2D eigenvalue weighted by Crippen LogP contribution is 2.45. The van der Waals surface area contributed by atoms with Gasteiger partial charge in [-0.05, 0) is 66.8 Å². The van der Waals surface area contributed by atoms with E-state index in [9.17, 15) is 14.7 Å². The van der Waals surface area contributed by atoms with Gasteiger partial charge in [-0.25, -0.2) is 0 Å². The van der Waals surface area contributed by atoms with Crippen LogP contribution in [0.4, 0.5) is 5.13 Å². The first-order valence-electron chi connectivity index (χ1n) is 14.5. The van der Waals surface area contributed by atoms with Gasteiger partial charge in [-0.1, -0.05) is 72.8 Å².